The van der Waals surface area contributed by atoms with Crippen molar-refractivity contribution in [2.24, 2.45) is 4.99 Å². The third-order valence-corrected chi connectivity index (χ3v) is 5.41. The second-order valence-corrected chi connectivity index (χ2v) is 7.99. The van der Waals surface area contributed by atoms with Gasteiger partial charge in [0.05, 0.1) is 4.88 Å². The van der Waals surface area contributed by atoms with Crippen molar-refractivity contribution in [2.45, 2.75) is 6.61 Å². The number of hydrogen-bond acceptors (Lipinski definition) is 5. The average molecular weight is 487 g/mol. The highest BCUT2D eigenvalue weighted by Crippen LogP contribution is 2.23. The highest BCUT2D eigenvalue weighted by molar-refractivity contribution is 14.1. The van der Waals surface area contributed by atoms with E-state index in [1.165, 1.54) is 14.9 Å². The third kappa shape index (κ3) is 4.45. The van der Waals surface area contributed by atoms with Crippen LogP contribution in [0.1, 0.15) is 16.0 Å². The quantitative estimate of drug-likeness (QED) is 0.280. The van der Waals surface area contributed by atoms with Gasteiger partial charge in [-0.2, -0.15) is 0 Å². The van der Waals surface area contributed by atoms with E-state index in [0.717, 1.165) is 21.8 Å². The highest BCUT2D eigenvalue weighted by atomic mass is 127. The van der Waals surface area contributed by atoms with Gasteiger partial charge in [0.2, 0.25) is 5.90 Å². The molecule has 3 aromatic rings. The van der Waals surface area contributed by atoms with Crippen LogP contribution in [0.15, 0.2) is 76.7 Å². The molecule has 2 aromatic carbocycles. The maximum atomic E-state index is 12.1. The Labute approximate surface area is 174 Å². The van der Waals surface area contributed by atoms with Crippen molar-refractivity contribution < 1.29 is 14.3 Å². The maximum absolute atomic E-state index is 12.1. The van der Waals surface area contributed by atoms with Gasteiger partial charge in [-0.3, -0.25) is 0 Å². The Kier molecular flexibility index (Phi) is 5.35. The van der Waals surface area contributed by atoms with Crippen LogP contribution in [0.25, 0.3) is 6.08 Å². The highest BCUT2D eigenvalue weighted by Gasteiger charge is 2.24. The molecule has 0 radical (unpaired) electrons. The first-order valence-electron chi connectivity index (χ1n) is 8.21. The lowest BCUT2D eigenvalue weighted by molar-refractivity contribution is -0.129. The van der Waals surface area contributed by atoms with Gasteiger partial charge in [-0.1, -0.05) is 30.3 Å². The van der Waals surface area contributed by atoms with E-state index in [2.05, 4.69) is 39.7 Å². The standard InChI is InChI=1S/C21H14INO3S/c22-16-8-6-14(7-9-16)13-25-17-4-1-3-15(11-17)12-18-21(24)26-20(23-18)19-5-2-10-27-19/h1-12H,13H2/b18-12-. The van der Waals surface area contributed by atoms with Crippen molar-refractivity contribution >= 4 is 51.9 Å². The molecule has 1 aliphatic rings. The van der Waals surface area contributed by atoms with Crippen molar-refractivity contribution in [3.63, 3.8) is 0 Å². The number of nitrogens with zero attached hydrogens (tertiary/aromatic N) is 1. The first-order valence-corrected chi connectivity index (χ1v) is 10.2. The molecule has 0 spiro atoms. The fourth-order valence-corrected chi connectivity index (χ4v) is 3.52. The number of carbonyl (C=O) groups is 1. The Morgan fingerprint density at radius 1 is 1.11 bits per heavy atom. The van der Waals surface area contributed by atoms with Crippen LogP contribution >= 0.6 is 33.9 Å². The predicted octanol–water partition coefficient (Wildman–Crippen LogP) is 5.28. The number of ether oxygens (including phenoxy) is 2. The molecule has 2 heterocycles. The van der Waals surface area contributed by atoms with E-state index in [1.54, 1.807) is 6.08 Å². The summed E-state index contributed by atoms with van der Waals surface area (Å²) in [5, 5.41) is 1.92. The minimum Gasteiger partial charge on any atom is -0.489 e. The summed E-state index contributed by atoms with van der Waals surface area (Å²) in [6.07, 6.45) is 1.71. The topological polar surface area (TPSA) is 47.9 Å². The van der Waals surface area contributed by atoms with Gasteiger partial charge in [0.1, 0.15) is 12.4 Å². The molecule has 0 aliphatic carbocycles. The predicted molar refractivity (Wildman–Crippen MR) is 115 cm³/mol. The van der Waals surface area contributed by atoms with E-state index in [4.69, 9.17) is 9.47 Å². The lowest BCUT2D eigenvalue weighted by Gasteiger charge is -2.07. The van der Waals surface area contributed by atoms with Crippen LogP contribution in [0.4, 0.5) is 0 Å². The molecule has 0 amide bonds. The molecule has 134 valence electrons. The number of halogens is 1. The van der Waals surface area contributed by atoms with E-state index >= 15 is 0 Å². The number of esters is 1. The molecule has 1 aliphatic heterocycles. The zero-order valence-corrected chi connectivity index (χ0v) is 17.1. The Morgan fingerprint density at radius 2 is 1.96 bits per heavy atom. The lowest BCUT2D eigenvalue weighted by Crippen LogP contribution is -2.03. The number of cyclic esters (lactones) is 1. The van der Waals surface area contributed by atoms with E-state index < -0.39 is 5.97 Å². The van der Waals surface area contributed by atoms with Crippen LogP contribution in [0.2, 0.25) is 0 Å². The lowest BCUT2D eigenvalue weighted by atomic mass is 10.2. The van der Waals surface area contributed by atoms with Crippen molar-refractivity contribution in [2.75, 3.05) is 0 Å². The third-order valence-electron chi connectivity index (χ3n) is 3.83. The Bertz CT molecular complexity index is 1020. The molecule has 4 nitrogen and oxygen atoms in total. The number of thiophene rings is 1. The normalized spacial score (nSPS) is 14.9. The van der Waals surface area contributed by atoms with Gasteiger partial charge in [-0.25, -0.2) is 9.79 Å². The van der Waals surface area contributed by atoms with Crippen molar-refractivity contribution in [3.05, 3.63) is 91.3 Å². The zero-order chi connectivity index (χ0) is 18.6. The number of aliphatic imine (C=N–C) groups is 1. The summed E-state index contributed by atoms with van der Waals surface area (Å²) < 4.78 is 12.3. The zero-order valence-electron chi connectivity index (χ0n) is 14.1. The molecule has 0 atom stereocenters. The van der Waals surface area contributed by atoms with Crippen LogP contribution in [0, 0.1) is 3.57 Å². The molecule has 4 rings (SSSR count). The fraction of sp³-hybridized carbons (Fsp3) is 0.0476. The first kappa shape index (κ1) is 17.9. The molecule has 0 fully saturated rings. The number of carbonyl (C=O) groups excluding carboxylic acids is 1. The fourth-order valence-electron chi connectivity index (χ4n) is 2.51. The SMILES string of the molecule is O=C1OC(c2cccs2)=N/C1=C\c1cccc(OCc2ccc(I)cc2)c1. The smallest absolute Gasteiger partial charge is 0.363 e. The van der Waals surface area contributed by atoms with Gasteiger partial charge in [0.25, 0.3) is 0 Å². The van der Waals surface area contributed by atoms with E-state index in [9.17, 15) is 4.79 Å². The molecular formula is C21H14INO3S. The van der Waals surface area contributed by atoms with Gasteiger partial charge in [-0.15, -0.1) is 11.3 Å². The average Bonchev–Trinajstić information content (AvgIpc) is 3.32. The van der Waals surface area contributed by atoms with Crippen molar-refractivity contribution in [1.29, 1.82) is 0 Å². The Hall–Kier alpha value is -2.45. The molecule has 1 aromatic heterocycles. The summed E-state index contributed by atoms with van der Waals surface area (Å²) in [6, 6.07) is 19.5. The van der Waals surface area contributed by atoms with Crippen LogP contribution in [0.3, 0.4) is 0 Å². The number of hydrogen-bond donors (Lipinski definition) is 0. The summed E-state index contributed by atoms with van der Waals surface area (Å²) >= 11 is 3.76. The van der Waals surface area contributed by atoms with Crippen LogP contribution in [-0.2, 0) is 16.1 Å². The maximum Gasteiger partial charge on any atom is 0.363 e. The molecule has 0 saturated heterocycles. The van der Waals surface area contributed by atoms with Gasteiger partial charge in [0, 0.05) is 3.57 Å². The Balaban J connectivity index is 1.49. The number of rotatable bonds is 5. The molecule has 27 heavy (non-hydrogen) atoms. The molecule has 0 N–H and O–H groups in total. The summed E-state index contributed by atoms with van der Waals surface area (Å²) in [5.74, 6) is 0.646. The largest absolute Gasteiger partial charge is 0.489 e. The van der Waals surface area contributed by atoms with E-state index in [-0.39, 0.29) is 5.70 Å². The summed E-state index contributed by atoms with van der Waals surface area (Å²) in [6.45, 7) is 0.486. The number of benzene rings is 2. The minimum atomic E-state index is -0.441. The molecule has 0 saturated carbocycles. The van der Waals surface area contributed by atoms with Gasteiger partial charge < -0.3 is 9.47 Å². The van der Waals surface area contributed by atoms with E-state index in [0.29, 0.717) is 12.5 Å². The van der Waals surface area contributed by atoms with Crippen molar-refractivity contribution in [1.82, 2.24) is 0 Å². The second-order valence-electron chi connectivity index (χ2n) is 5.80. The Morgan fingerprint density at radius 3 is 2.74 bits per heavy atom. The van der Waals surface area contributed by atoms with E-state index in [1.807, 2.05) is 53.9 Å². The summed E-state index contributed by atoms with van der Waals surface area (Å²) in [4.78, 5) is 17.2. The summed E-state index contributed by atoms with van der Waals surface area (Å²) in [5.41, 5.74) is 2.22. The minimum absolute atomic E-state index is 0.285. The van der Waals surface area contributed by atoms with Crippen LogP contribution in [0.5, 0.6) is 5.75 Å². The van der Waals surface area contributed by atoms with Gasteiger partial charge in [-0.05, 0) is 75.5 Å². The molecule has 6 heteroatoms. The monoisotopic (exact) mass is 487 g/mol. The van der Waals surface area contributed by atoms with Crippen molar-refractivity contribution in [3.8, 4) is 5.75 Å². The molecule has 0 bridgehead atoms. The first-order chi connectivity index (χ1) is 13.2. The second kappa shape index (κ2) is 8.06. The molecular weight excluding hydrogens is 473 g/mol. The van der Waals surface area contributed by atoms with Gasteiger partial charge in [0.15, 0.2) is 5.70 Å². The van der Waals surface area contributed by atoms with Crippen LogP contribution in [-0.4, -0.2) is 11.9 Å². The van der Waals surface area contributed by atoms with Gasteiger partial charge >= 0.3 is 5.97 Å². The molecule has 0 unspecified atom stereocenters. The van der Waals surface area contributed by atoms with Crippen LogP contribution < -0.4 is 4.74 Å². The summed E-state index contributed by atoms with van der Waals surface area (Å²) in [7, 11) is 0.